The predicted molar refractivity (Wildman–Crippen MR) is 110 cm³/mol. The summed E-state index contributed by atoms with van der Waals surface area (Å²) >= 11 is 0. The van der Waals surface area contributed by atoms with E-state index in [4.69, 9.17) is 0 Å². The lowest BCUT2D eigenvalue weighted by molar-refractivity contribution is -0.125. The van der Waals surface area contributed by atoms with Gasteiger partial charge in [0.2, 0.25) is 11.8 Å². The van der Waals surface area contributed by atoms with Crippen LogP contribution in [0, 0.1) is 19.7 Å². The molecule has 0 heterocycles. The number of hydrogen-bond donors (Lipinski definition) is 3. The van der Waals surface area contributed by atoms with Crippen LogP contribution < -0.4 is 16.0 Å². The number of nitrogens with one attached hydrogen (secondary N) is 3. The standard InChI is InChI=1S/C21H25FN4O3/c1-13-8-9-18(14(2)10-13)24-21(29)25-20(28)15(3)26(4)12-19(27)23-17-7-5-6-16(22)11-17/h5-11,15H,12H2,1-4H3,(H,23,27)(H2,24,25,28,29)/t15-/m0/s1. The van der Waals surface area contributed by atoms with Crippen molar-refractivity contribution in [2.75, 3.05) is 24.2 Å². The molecule has 0 saturated heterocycles. The Labute approximate surface area is 169 Å². The van der Waals surface area contributed by atoms with Gasteiger partial charge < -0.3 is 10.6 Å². The molecule has 0 unspecified atom stereocenters. The van der Waals surface area contributed by atoms with E-state index in [0.29, 0.717) is 11.4 Å². The summed E-state index contributed by atoms with van der Waals surface area (Å²) in [5.41, 5.74) is 2.88. The lowest BCUT2D eigenvalue weighted by Gasteiger charge is -2.23. The largest absolute Gasteiger partial charge is 0.325 e. The highest BCUT2D eigenvalue weighted by Crippen LogP contribution is 2.15. The molecule has 29 heavy (non-hydrogen) atoms. The van der Waals surface area contributed by atoms with Gasteiger partial charge in [-0.3, -0.25) is 19.8 Å². The van der Waals surface area contributed by atoms with Crippen LogP contribution in [0.3, 0.4) is 0 Å². The van der Waals surface area contributed by atoms with E-state index >= 15 is 0 Å². The van der Waals surface area contributed by atoms with Crippen molar-refractivity contribution in [2.24, 2.45) is 0 Å². The summed E-state index contributed by atoms with van der Waals surface area (Å²) in [6.07, 6.45) is 0. The maximum atomic E-state index is 13.2. The lowest BCUT2D eigenvalue weighted by atomic mass is 10.1. The monoisotopic (exact) mass is 400 g/mol. The van der Waals surface area contributed by atoms with Gasteiger partial charge in [-0.05, 0) is 57.6 Å². The number of rotatable bonds is 6. The zero-order valence-corrected chi connectivity index (χ0v) is 16.9. The molecule has 2 rings (SSSR count). The first-order chi connectivity index (χ1) is 13.7. The van der Waals surface area contributed by atoms with E-state index in [1.54, 1.807) is 26.1 Å². The number of anilines is 2. The maximum Gasteiger partial charge on any atom is 0.325 e. The molecule has 154 valence electrons. The first-order valence-electron chi connectivity index (χ1n) is 9.10. The Bertz CT molecular complexity index is 917. The third-order valence-electron chi connectivity index (χ3n) is 4.41. The second kappa shape index (κ2) is 9.79. The number of hydrogen-bond acceptors (Lipinski definition) is 4. The van der Waals surface area contributed by atoms with E-state index in [-0.39, 0.29) is 6.54 Å². The fraction of sp³-hybridized carbons (Fsp3) is 0.286. The van der Waals surface area contributed by atoms with E-state index in [1.807, 2.05) is 26.0 Å². The van der Waals surface area contributed by atoms with Crippen molar-refractivity contribution in [3.8, 4) is 0 Å². The maximum absolute atomic E-state index is 13.2. The van der Waals surface area contributed by atoms with E-state index in [0.717, 1.165) is 11.1 Å². The van der Waals surface area contributed by atoms with Gasteiger partial charge in [-0.1, -0.05) is 23.8 Å². The van der Waals surface area contributed by atoms with Gasteiger partial charge >= 0.3 is 6.03 Å². The highest BCUT2D eigenvalue weighted by atomic mass is 19.1. The molecule has 0 radical (unpaired) electrons. The van der Waals surface area contributed by atoms with Crippen molar-refractivity contribution < 1.29 is 18.8 Å². The van der Waals surface area contributed by atoms with Crippen LogP contribution in [0.5, 0.6) is 0 Å². The smallest absolute Gasteiger partial charge is 0.325 e. The van der Waals surface area contributed by atoms with Crippen molar-refractivity contribution in [1.82, 2.24) is 10.2 Å². The first kappa shape index (κ1) is 22.0. The highest BCUT2D eigenvalue weighted by molar-refractivity contribution is 6.03. The molecule has 0 saturated carbocycles. The van der Waals surface area contributed by atoms with E-state index in [2.05, 4.69) is 16.0 Å². The normalized spacial score (nSPS) is 11.7. The Morgan fingerprint density at radius 1 is 1.07 bits per heavy atom. The van der Waals surface area contributed by atoms with Crippen LogP contribution in [-0.4, -0.2) is 42.4 Å². The number of amides is 4. The molecule has 1 atom stereocenters. The van der Waals surface area contributed by atoms with Gasteiger partial charge in [0.1, 0.15) is 5.82 Å². The zero-order valence-electron chi connectivity index (χ0n) is 16.9. The molecule has 0 fully saturated rings. The molecule has 8 heteroatoms. The molecule has 0 aliphatic carbocycles. The number of benzene rings is 2. The molecule has 0 aliphatic rings. The number of carbonyl (C=O) groups is 3. The molecule has 7 nitrogen and oxygen atoms in total. The second-order valence-corrected chi connectivity index (χ2v) is 6.91. The van der Waals surface area contributed by atoms with Crippen LogP contribution in [0.1, 0.15) is 18.1 Å². The average molecular weight is 400 g/mol. The summed E-state index contributed by atoms with van der Waals surface area (Å²) in [4.78, 5) is 38.0. The van der Waals surface area contributed by atoms with Crippen molar-refractivity contribution >= 4 is 29.2 Å². The van der Waals surface area contributed by atoms with Crippen LogP contribution in [0.15, 0.2) is 42.5 Å². The molecule has 0 aromatic heterocycles. The minimum Gasteiger partial charge on any atom is -0.325 e. The number of likely N-dealkylation sites (N-methyl/N-ethyl adjacent to an activating group) is 1. The number of aryl methyl sites for hydroxylation is 2. The summed E-state index contributed by atoms with van der Waals surface area (Å²) in [7, 11) is 1.58. The fourth-order valence-corrected chi connectivity index (χ4v) is 2.65. The summed E-state index contributed by atoms with van der Waals surface area (Å²) in [5.74, 6) is -1.41. The SMILES string of the molecule is Cc1ccc(NC(=O)NC(=O)[C@H](C)N(C)CC(=O)Nc2cccc(F)c2)c(C)c1. The molecule has 0 spiro atoms. The predicted octanol–water partition coefficient (Wildman–Crippen LogP) is 3.05. The molecule has 0 aliphatic heterocycles. The van der Waals surface area contributed by atoms with Crippen molar-refractivity contribution in [3.05, 3.63) is 59.4 Å². The minimum atomic E-state index is -0.738. The van der Waals surface area contributed by atoms with Crippen molar-refractivity contribution in [3.63, 3.8) is 0 Å². The van der Waals surface area contributed by atoms with E-state index < -0.39 is 29.7 Å². The third-order valence-corrected chi connectivity index (χ3v) is 4.41. The summed E-state index contributed by atoms with van der Waals surface area (Å²) in [6.45, 7) is 5.28. The van der Waals surface area contributed by atoms with E-state index in [1.165, 1.54) is 23.1 Å². The molecule has 2 aromatic rings. The van der Waals surface area contributed by atoms with E-state index in [9.17, 15) is 18.8 Å². The topological polar surface area (TPSA) is 90.5 Å². The Morgan fingerprint density at radius 2 is 1.79 bits per heavy atom. The lowest BCUT2D eigenvalue weighted by Crippen LogP contribution is -2.48. The van der Waals surface area contributed by atoms with Gasteiger partial charge in [-0.15, -0.1) is 0 Å². The number of nitrogens with zero attached hydrogens (tertiary/aromatic N) is 1. The van der Waals surface area contributed by atoms with Gasteiger partial charge in [-0.2, -0.15) is 0 Å². The van der Waals surface area contributed by atoms with Gasteiger partial charge in [0, 0.05) is 11.4 Å². The summed E-state index contributed by atoms with van der Waals surface area (Å²) < 4.78 is 13.2. The Kier molecular flexibility index (Phi) is 7.44. The Balaban J connectivity index is 1.86. The van der Waals surface area contributed by atoms with Gasteiger partial charge in [0.15, 0.2) is 0 Å². The van der Waals surface area contributed by atoms with Crippen LogP contribution in [-0.2, 0) is 9.59 Å². The molecule has 2 aromatic carbocycles. The molecule has 3 N–H and O–H groups in total. The van der Waals surface area contributed by atoms with Gasteiger partial charge in [-0.25, -0.2) is 9.18 Å². The van der Waals surface area contributed by atoms with Crippen LogP contribution >= 0.6 is 0 Å². The van der Waals surface area contributed by atoms with Crippen LogP contribution in [0.2, 0.25) is 0 Å². The van der Waals surface area contributed by atoms with Crippen molar-refractivity contribution in [2.45, 2.75) is 26.8 Å². The molecular formula is C21H25FN4O3. The summed E-state index contributed by atoms with van der Waals surface area (Å²) in [6, 6.07) is 9.69. The Morgan fingerprint density at radius 3 is 2.45 bits per heavy atom. The van der Waals surface area contributed by atoms with Crippen molar-refractivity contribution in [1.29, 1.82) is 0 Å². The zero-order chi connectivity index (χ0) is 21.6. The minimum absolute atomic E-state index is 0.107. The highest BCUT2D eigenvalue weighted by Gasteiger charge is 2.22. The van der Waals surface area contributed by atoms with Gasteiger partial charge in [0.25, 0.3) is 0 Å². The van der Waals surface area contributed by atoms with Crippen LogP contribution in [0.4, 0.5) is 20.6 Å². The number of halogens is 1. The third kappa shape index (κ3) is 6.69. The Hall–Kier alpha value is -3.26. The second-order valence-electron chi connectivity index (χ2n) is 6.91. The quantitative estimate of drug-likeness (QED) is 0.695. The molecule has 0 bridgehead atoms. The molecular weight excluding hydrogens is 375 g/mol. The number of carbonyl (C=O) groups excluding carboxylic acids is 3. The summed E-state index contributed by atoms with van der Waals surface area (Å²) in [5, 5.41) is 7.47. The first-order valence-corrected chi connectivity index (χ1v) is 9.10. The average Bonchev–Trinajstić information content (AvgIpc) is 2.63. The number of imide groups is 1. The van der Waals surface area contributed by atoms with Gasteiger partial charge in [0.05, 0.1) is 12.6 Å². The van der Waals surface area contributed by atoms with Crippen LogP contribution in [0.25, 0.3) is 0 Å². The molecule has 4 amide bonds. The number of urea groups is 1. The fourth-order valence-electron chi connectivity index (χ4n) is 2.65.